The van der Waals surface area contributed by atoms with Gasteiger partial charge in [-0.15, -0.1) is 0 Å². The van der Waals surface area contributed by atoms with E-state index in [9.17, 15) is 9.59 Å². The second-order valence-corrected chi connectivity index (χ2v) is 9.10. The molecular weight excluding hydrogens is 380 g/mol. The Morgan fingerprint density at radius 2 is 1.93 bits per heavy atom. The minimum atomic E-state index is -0.361. The number of nitrogens with zero attached hydrogens (tertiary/aromatic N) is 4. The van der Waals surface area contributed by atoms with Gasteiger partial charge in [-0.2, -0.15) is 5.10 Å². The Morgan fingerprint density at radius 3 is 2.63 bits per heavy atom. The van der Waals surface area contributed by atoms with Crippen LogP contribution in [0.1, 0.15) is 37.3 Å². The number of aromatic nitrogens is 2. The van der Waals surface area contributed by atoms with Crippen LogP contribution >= 0.6 is 0 Å². The average Bonchev–Trinajstić information content (AvgIpc) is 3.03. The molecule has 3 aliphatic rings. The minimum absolute atomic E-state index is 0.196. The van der Waals surface area contributed by atoms with Crippen LogP contribution in [0, 0.1) is 5.92 Å². The number of fused-ring (bicyclic) bond motifs is 1. The molecular formula is C22H30N6O2. The van der Waals surface area contributed by atoms with E-state index in [0.29, 0.717) is 18.9 Å². The highest BCUT2D eigenvalue weighted by Gasteiger charge is 2.32. The molecule has 1 aromatic carbocycles. The number of carbonyl (C=O) groups is 2. The number of aryl methyl sites for hydroxylation is 1. The standard InChI is InChI=1S/C22H30N6O2/c1-26-19-12-16(28-8-6-27(7-9-28)13-14-10-15(23)11-14)2-3-17(19)21(25-26)18-4-5-20(29)24-22(18)30/h2-3,12,14-15,18H,4-11,13,23H2,1H3,(H,24,29,30)/t14-,15-,18?. The molecule has 1 saturated carbocycles. The molecule has 1 unspecified atom stereocenters. The molecule has 3 fully saturated rings. The van der Waals surface area contributed by atoms with Crippen LogP contribution in [-0.2, 0) is 16.6 Å². The monoisotopic (exact) mass is 410 g/mol. The molecule has 8 heteroatoms. The Bertz CT molecular complexity index is 971. The third-order valence-electron chi connectivity index (χ3n) is 6.96. The van der Waals surface area contributed by atoms with Crippen molar-refractivity contribution in [3.8, 4) is 0 Å². The molecule has 160 valence electrons. The second-order valence-electron chi connectivity index (χ2n) is 9.10. The number of hydrogen-bond donors (Lipinski definition) is 2. The SMILES string of the molecule is Cn1nc(C2CCC(=O)NC2=O)c2ccc(N3CCN(C[C@H]4C[C@H](N)C4)CC3)cc21. The summed E-state index contributed by atoms with van der Waals surface area (Å²) in [5, 5.41) is 8.09. The molecule has 0 radical (unpaired) electrons. The number of piperidine rings is 1. The van der Waals surface area contributed by atoms with Crippen LogP contribution in [0.2, 0.25) is 0 Å². The van der Waals surface area contributed by atoms with E-state index in [1.807, 2.05) is 11.7 Å². The van der Waals surface area contributed by atoms with Gasteiger partial charge in [0.25, 0.3) is 0 Å². The van der Waals surface area contributed by atoms with E-state index < -0.39 is 0 Å². The number of amides is 2. The van der Waals surface area contributed by atoms with Gasteiger partial charge in [-0.1, -0.05) is 0 Å². The molecule has 1 atom stereocenters. The highest BCUT2D eigenvalue weighted by Crippen LogP contribution is 2.32. The van der Waals surface area contributed by atoms with Crippen LogP contribution in [0.4, 0.5) is 5.69 Å². The zero-order valence-corrected chi connectivity index (χ0v) is 17.5. The van der Waals surface area contributed by atoms with E-state index in [0.717, 1.165) is 48.7 Å². The summed E-state index contributed by atoms with van der Waals surface area (Å²) >= 11 is 0. The van der Waals surface area contributed by atoms with E-state index in [-0.39, 0.29) is 17.7 Å². The van der Waals surface area contributed by atoms with Crippen LogP contribution in [0.5, 0.6) is 0 Å². The fourth-order valence-corrected chi connectivity index (χ4v) is 5.17. The second kappa shape index (κ2) is 7.67. The fraction of sp³-hybridized carbons (Fsp3) is 0.591. The van der Waals surface area contributed by atoms with Gasteiger partial charge in [-0.05, 0) is 43.4 Å². The van der Waals surface area contributed by atoms with Crippen LogP contribution in [0.25, 0.3) is 10.9 Å². The molecule has 2 amide bonds. The van der Waals surface area contributed by atoms with Crippen LogP contribution in [0.3, 0.4) is 0 Å². The Kier molecular flexibility index (Phi) is 4.99. The number of hydrogen-bond acceptors (Lipinski definition) is 6. The highest BCUT2D eigenvalue weighted by molar-refractivity contribution is 6.02. The van der Waals surface area contributed by atoms with Gasteiger partial charge in [0.05, 0.1) is 17.1 Å². The van der Waals surface area contributed by atoms with Gasteiger partial charge in [0.15, 0.2) is 0 Å². The summed E-state index contributed by atoms with van der Waals surface area (Å²) in [5.74, 6) is -0.0135. The first-order chi connectivity index (χ1) is 14.5. The molecule has 8 nitrogen and oxygen atoms in total. The molecule has 1 aromatic heterocycles. The molecule has 2 aliphatic heterocycles. The Balaban J connectivity index is 1.29. The Hall–Kier alpha value is -2.45. The molecule has 3 N–H and O–H groups in total. The molecule has 30 heavy (non-hydrogen) atoms. The first-order valence-corrected chi connectivity index (χ1v) is 11.0. The summed E-state index contributed by atoms with van der Waals surface area (Å²) in [6.07, 6.45) is 3.23. The summed E-state index contributed by atoms with van der Waals surface area (Å²) in [7, 11) is 1.92. The summed E-state index contributed by atoms with van der Waals surface area (Å²) in [4.78, 5) is 28.8. The number of rotatable bonds is 4. The van der Waals surface area contributed by atoms with Gasteiger partial charge in [-0.3, -0.25) is 24.5 Å². The summed E-state index contributed by atoms with van der Waals surface area (Å²) in [6, 6.07) is 6.82. The van der Waals surface area contributed by atoms with Crippen molar-refractivity contribution in [1.82, 2.24) is 20.0 Å². The summed E-state index contributed by atoms with van der Waals surface area (Å²) in [5.41, 5.74) is 8.92. The van der Waals surface area contributed by atoms with Crippen molar-refractivity contribution in [2.45, 2.75) is 37.6 Å². The maximum Gasteiger partial charge on any atom is 0.235 e. The van der Waals surface area contributed by atoms with Gasteiger partial charge in [-0.25, -0.2) is 0 Å². The van der Waals surface area contributed by atoms with Gasteiger partial charge in [0, 0.05) is 63.3 Å². The summed E-state index contributed by atoms with van der Waals surface area (Å²) < 4.78 is 1.86. The highest BCUT2D eigenvalue weighted by atomic mass is 16.2. The third kappa shape index (κ3) is 3.58. The minimum Gasteiger partial charge on any atom is -0.369 e. The van der Waals surface area contributed by atoms with Crippen molar-refractivity contribution < 1.29 is 9.59 Å². The van der Waals surface area contributed by atoms with E-state index in [1.165, 1.54) is 25.1 Å². The molecule has 3 heterocycles. The van der Waals surface area contributed by atoms with Crippen molar-refractivity contribution in [3.05, 3.63) is 23.9 Å². The first kappa shape index (κ1) is 19.5. The van der Waals surface area contributed by atoms with E-state index >= 15 is 0 Å². The lowest BCUT2D eigenvalue weighted by Gasteiger charge is -2.41. The van der Waals surface area contributed by atoms with Crippen molar-refractivity contribution in [2.75, 3.05) is 37.6 Å². The fourth-order valence-electron chi connectivity index (χ4n) is 5.17. The maximum absolute atomic E-state index is 12.3. The van der Waals surface area contributed by atoms with Gasteiger partial charge in [0.2, 0.25) is 11.8 Å². The number of nitrogens with two attached hydrogens (primary N) is 1. The largest absolute Gasteiger partial charge is 0.369 e. The van der Waals surface area contributed by atoms with E-state index in [4.69, 9.17) is 5.73 Å². The van der Waals surface area contributed by atoms with Crippen LogP contribution in [-0.4, -0.2) is 65.3 Å². The number of imide groups is 1. The number of carbonyl (C=O) groups excluding carboxylic acids is 2. The lowest BCUT2D eigenvalue weighted by atomic mass is 9.80. The summed E-state index contributed by atoms with van der Waals surface area (Å²) in [6.45, 7) is 5.37. The average molecular weight is 411 g/mol. The van der Waals surface area contributed by atoms with Crippen molar-refractivity contribution >= 4 is 28.4 Å². The smallest absolute Gasteiger partial charge is 0.235 e. The van der Waals surface area contributed by atoms with Gasteiger partial charge < -0.3 is 10.6 Å². The molecule has 5 rings (SSSR count). The Morgan fingerprint density at radius 1 is 1.17 bits per heavy atom. The van der Waals surface area contributed by atoms with Crippen molar-refractivity contribution in [2.24, 2.45) is 18.7 Å². The number of anilines is 1. The predicted octanol–water partition coefficient (Wildman–Crippen LogP) is 0.953. The normalized spacial score (nSPS) is 27.9. The first-order valence-electron chi connectivity index (χ1n) is 11.0. The van der Waals surface area contributed by atoms with Crippen LogP contribution < -0.4 is 16.0 Å². The number of piperazine rings is 1. The number of benzene rings is 1. The van der Waals surface area contributed by atoms with E-state index in [1.54, 1.807) is 0 Å². The Labute approximate surface area is 176 Å². The quantitative estimate of drug-likeness (QED) is 0.729. The topological polar surface area (TPSA) is 96.5 Å². The molecule has 2 saturated heterocycles. The van der Waals surface area contributed by atoms with Crippen molar-refractivity contribution in [3.63, 3.8) is 0 Å². The van der Waals surface area contributed by atoms with Crippen molar-refractivity contribution in [1.29, 1.82) is 0 Å². The third-order valence-corrected chi connectivity index (χ3v) is 6.96. The molecule has 0 spiro atoms. The van der Waals surface area contributed by atoms with E-state index in [2.05, 4.69) is 38.4 Å². The molecule has 0 bridgehead atoms. The zero-order chi connectivity index (χ0) is 20.8. The zero-order valence-electron chi connectivity index (χ0n) is 17.5. The van der Waals surface area contributed by atoms with Crippen LogP contribution in [0.15, 0.2) is 18.2 Å². The lowest BCUT2D eigenvalue weighted by molar-refractivity contribution is -0.134. The predicted molar refractivity (Wildman–Crippen MR) is 115 cm³/mol. The maximum atomic E-state index is 12.3. The number of nitrogens with one attached hydrogen (secondary N) is 1. The molecule has 2 aromatic rings. The van der Waals surface area contributed by atoms with Gasteiger partial charge >= 0.3 is 0 Å². The lowest BCUT2D eigenvalue weighted by Crippen LogP contribution is -2.50. The molecule has 1 aliphatic carbocycles. The van der Waals surface area contributed by atoms with Gasteiger partial charge in [0.1, 0.15) is 0 Å².